The number of hydrogen-bond donors (Lipinski definition) is 1. The monoisotopic (exact) mass is 417 g/mol. The lowest BCUT2D eigenvalue weighted by Gasteiger charge is -2.24. The van der Waals surface area contributed by atoms with Crippen LogP contribution in [0.15, 0.2) is 0 Å². The van der Waals surface area contributed by atoms with Gasteiger partial charge in [-0.25, -0.2) is 0 Å². The second-order valence-electron chi connectivity index (χ2n) is 7.40. The standard InChI is InChI=1S/C21H43NO5Si/c1-5-6-7-8-9-10-11-12-13-17-21(24)22-19-20(23)16-14-15-18-28(25-2,26-3)27-4/h5-19H2,1-4H3,(H,22,24). The molecule has 0 aromatic rings. The van der Waals surface area contributed by atoms with Crippen LogP contribution in [0.3, 0.4) is 0 Å². The van der Waals surface area contributed by atoms with Crippen molar-refractivity contribution in [2.75, 3.05) is 27.9 Å². The molecule has 0 radical (unpaired) electrons. The van der Waals surface area contributed by atoms with Crippen LogP contribution in [-0.2, 0) is 22.9 Å². The van der Waals surface area contributed by atoms with Crippen LogP contribution in [0.2, 0.25) is 6.04 Å². The van der Waals surface area contributed by atoms with Crippen LogP contribution in [0, 0.1) is 0 Å². The molecule has 0 bridgehead atoms. The highest BCUT2D eigenvalue weighted by Gasteiger charge is 2.36. The van der Waals surface area contributed by atoms with E-state index in [9.17, 15) is 9.59 Å². The smallest absolute Gasteiger partial charge is 0.377 e. The van der Waals surface area contributed by atoms with Gasteiger partial charge in [-0.2, -0.15) is 0 Å². The molecule has 0 aliphatic heterocycles. The van der Waals surface area contributed by atoms with Gasteiger partial charge in [-0.1, -0.05) is 58.3 Å². The number of hydrogen-bond acceptors (Lipinski definition) is 5. The molecule has 0 aromatic heterocycles. The molecule has 0 aromatic carbocycles. The summed E-state index contributed by atoms with van der Waals surface area (Å²) in [6.07, 6.45) is 13.6. The summed E-state index contributed by atoms with van der Waals surface area (Å²) in [5, 5.41) is 2.74. The van der Waals surface area contributed by atoms with Crippen molar-refractivity contribution >= 4 is 20.5 Å². The zero-order valence-electron chi connectivity index (χ0n) is 18.6. The van der Waals surface area contributed by atoms with Gasteiger partial charge in [0, 0.05) is 40.2 Å². The molecular formula is C21H43NO5Si. The maximum Gasteiger partial charge on any atom is 0.500 e. The Morgan fingerprint density at radius 3 is 1.75 bits per heavy atom. The number of rotatable bonds is 20. The Balaban J connectivity index is 3.59. The molecule has 0 aliphatic carbocycles. The van der Waals surface area contributed by atoms with Gasteiger partial charge in [-0.15, -0.1) is 0 Å². The van der Waals surface area contributed by atoms with E-state index in [1.54, 1.807) is 21.3 Å². The first-order valence-electron chi connectivity index (χ1n) is 11.0. The number of ketones is 1. The van der Waals surface area contributed by atoms with Gasteiger partial charge >= 0.3 is 8.80 Å². The summed E-state index contributed by atoms with van der Waals surface area (Å²) in [7, 11) is 2.23. The van der Waals surface area contributed by atoms with E-state index in [1.807, 2.05) is 0 Å². The van der Waals surface area contributed by atoms with Crippen molar-refractivity contribution in [1.29, 1.82) is 0 Å². The summed E-state index contributed by atoms with van der Waals surface area (Å²) in [6, 6.07) is 0.689. The zero-order chi connectivity index (χ0) is 21.1. The molecule has 0 rings (SSSR count). The lowest BCUT2D eigenvalue weighted by Crippen LogP contribution is -2.42. The third-order valence-corrected chi connectivity index (χ3v) is 7.94. The Hall–Kier alpha value is -0.763. The molecule has 0 atom stereocenters. The van der Waals surface area contributed by atoms with E-state index in [0.717, 1.165) is 25.7 Å². The molecule has 0 unspecified atom stereocenters. The fourth-order valence-electron chi connectivity index (χ4n) is 3.19. The number of unbranched alkanes of at least 4 members (excludes halogenated alkanes) is 9. The van der Waals surface area contributed by atoms with Crippen molar-refractivity contribution in [2.24, 2.45) is 0 Å². The van der Waals surface area contributed by atoms with E-state index >= 15 is 0 Å². The number of carbonyl (C=O) groups is 2. The predicted octanol–water partition coefficient (Wildman–Crippen LogP) is 4.64. The van der Waals surface area contributed by atoms with Crippen molar-refractivity contribution in [1.82, 2.24) is 5.32 Å². The van der Waals surface area contributed by atoms with Crippen LogP contribution in [0.25, 0.3) is 0 Å². The van der Waals surface area contributed by atoms with Crippen molar-refractivity contribution in [3.05, 3.63) is 0 Å². The van der Waals surface area contributed by atoms with Gasteiger partial charge in [0.1, 0.15) is 0 Å². The minimum atomic E-state index is -2.54. The third kappa shape index (κ3) is 14.3. The lowest BCUT2D eigenvalue weighted by molar-refractivity contribution is -0.125. The van der Waals surface area contributed by atoms with Crippen LogP contribution in [0.5, 0.6) is 0 Å². The van der Waals surface area contributed by atoms with Gasteiger partial charge < -0.3 is 18.6 Å². The highest BCUT2D eigenvalue weighted by Crippen LogP contribution is 2.17. The molecular weight excluding hydrogens is 374 g/mol. The number of carbonyl (C=O) groups excluding carboxylic acids is 2. The van der Waals surface area contributed by atoms with Crippen molar-refractivity contribution in [3.63, 3.8) is 0 Å². The predicted molar refractivity (Wildman–Crippen MR) is 115 cm³/mol. The SMILES string of the molecule is CCCCCCCCCCCC(=O)NCC(=O)CCCC[Si](OC)(OC)OC. The molecule has 0 spiro atoms. The molecule has 0 saturated carbocycles. The van der Waals surface area contributed by atoms with E-state index in [0.29, 0.717) is 18.9 Å². The molecule has 0 saturated heterocycles. The van der Waals surface area contributed by atoms with Crippen LogP contribution in [0.4, 0.5) is 0 Å². The number of Topliss-reactive ketones (excluding diaryl/α,β-unsaturated/α-hetero) is 1. The minimum absolute atomic E-state index is 0.0131. The Morgan fingerprint density at radius 1 is 0.714 bits per heavy atom. The van der Waals surface area contributed by atoms with Crippen molar-refractivity contribution in [2.45, 2.75) is 96.4 Å². The fraction of sp³-hybridized carbons (Fsp3) is 0.905. The van der Waals surface area contributed by atoms with E-state index < -0.39 is 8.80 Å². The van der Waals surface area contributed by atoms with E-state index in [1.165, 1.54) is 44.9 Å². The zero-order valence-corrected chi connectivity index (χ0v) is 19.6. The maximum atomic E-state index is 11.9. The Morgan fingerprint density at radius 2 is 1.21 bits per heavy atom. The van der Waals surface area contributed by atoms with E-state index in [4.69, 9.17) is 13.3 Å². The van der Waals surface area contributed by atoms with Gasteiger partial charge in [-0.3, -0.25) is 9.59 Å². The first kappa shape index (κ1) is 27.2. The van der Waals surface area contributed by atoms with Gasteiger partial charge in [0.05, 0.1) is 6.54 Å². The summed E-state index contributed by atoms with van der Waals surface area (Å²) in [5.74, 6) is 0.0563. The Labute approximate surface area is 173 Å². The van der Waals surface area contributed by atoms with Crippen LogP contribution in [0.1, 0.15) is 90.4 Å². The second-order valence-corrected chi connectivity index (χ2v) is 10.5. The average Bonchev–Trinajstić information content (AvgIpc) is 2.71. The second kappa shape index (κ2) is 18.3. The van der Waals surface area contributed by atoms with Gasteiger partial charge in [0.15, 0.2) is 5.78 Å². The fourth-order valence-corrected chi connectivity index (χ4v) is 4.99. The molecule has 28 heavy (non-hydrogen) atoms. The van der Waals surface area contributed by atoms with Crippen molar-refractivity contribution in [3.8, 4) is 0 Å². The maximum absolute atomic E-state index is 11.9. The Bertz CT molecular complexity index is 394. The summed E-state index contributed by atoms with van der Waals surface area (Å²) < 4.78 is 16.1. The summed E-state index contributed by atoms with van der Waals surface area (Å²) in [6.45, 7) is 2.37. The topological polar surface area (TPSA) is 73.9 Å². The van der Waals surface area contributed by atoms with Gasteiger partial charge in [-0.05, 0) is 19.3 Å². The van der Waals surface area contributed by atoms with Gasteiger partial charge in [0.25, 0.3) is 0 Å². The number of amides is 1. The highest BCUT2D eigenvalue weighted by molar-refractivity contribution is 6.60. The Kier molecular flexibility index (Phi) is 17.8. The minimum Gasteiger partial charge on any atom is -0.377 e. The molecule has 6 nitrogen and oxygen atoms in total. The normalized spacial score (nSPS) is 11.6. The summed E-state index contributed by atoms with van der Waals surface area (Å²) in [5.41, 5.74) is 0. The largest absolute Gasteiger partial charge is 0.500 e. The van der Waals surface area contributed by atoms with Crippen molar-refractivity contribution < 1.29 is 22.9 Å². The molecule has 7 heteroatoms. The first-order chi connectivity index (χ1) is 13.5. The van der Waals surface area contributed by atoms with Crippen LogP contribution >= 0.6 is 0 Å². The summed E-state index contributed by atoms with van der Waals surface area (Å²) >= 11 is 0. The van der Waals surface area contributed by atoms with E-state index in [2.05, 4.69) is 12.2 Å². The third-order valence-electron chi connectivity index (χ3n) is 5.11. The van der Waals surface area contributed by atoms with Crippen LogP contribution < -0.4 is 5.32 Å². The lowest BCUT2D eigenvalue weighted by atomic mass is 10.1. The quantitative estimate of drug-likeness (QED) is 0.231. The molecule has 166 valence electrons. The first-order valence-corrected chi connectivity index (χ1v) is 12.9. The highest BCUT2D eigenvalue weighted by atomic mass is 28.4. The summed E-state index contributed by atoms with van der Waals surface area (Å²) in [4.78, 5) is 23.7. The van der Waals surface area contributed by atoms with E-state index in [-0.39, 0.29) is 18.2 Å². The molecule has 0 heterocycles. The van der Waals surface area contributed by atoms with Crippen LogP contribution in [-0.4, -0.2) is 48.4 Å². The number of nitrogens with one attached hydrogen (secondary N) is 1. The molecule has 1 amide bonds. The molecule has 0 fully saturated rings. The average molecular weight is 418 g/mol. The van der Waals surface area contributed by atoms with Gasteiger partial charge in [0.2, 0.25) is 5.91 Å². The molecule has 0 aliphatic rings. The molecule has 1 N–H and O–H groups in total.